The highest BCUT2D eigenvalue weighted by Gasteiger charge is 2.60. The van der Waals surface area contributed by atoms with Gasteiger partial charge < -0.3 is 40.1 Å². The number of carbonyl (C=O) groups is 1. The van der Waals surface area contributed by atoms with E-state index in [-0.39, 0.29) is 6.61 Å². The van der Waals surface area contributed by atoms with Crippen LogP contribution >= 0.6 is 0 Å². The van der Waals surface area contributed by atoms with Crippen molar-refractivity contribution in [3.8, 4) is 0 Å². The Hall–Kier alpha value is -0.810. The monoisotopic (exact) mass is 310 g/mol. The van der Waals surface area contributed by atoms with Gasteiger partial charge in [-0.3, -0.25) is 4.79 Å². The third-order valence-electron chi connectivity index (χ3n) is 3.47. The third kappa shape index (κ3) is 3.34. The number of aliphatic hydroxyl groups is 6. The second kappa shape index (κ2) is 6.97. The Kier molecular flexibility index (Phi) is 6.05. The summed E-state index contributed by atoms with van der Waals surface area (Å²) in [7, 11) is 0. The molecule has 1 aliphatic rings. The lowest BCUT2D eigenvalue weighted by molar-refractivity contribution is -0.370. The summed E-state index contributed by atoms with van der Waals surface area (Å²) in [6, 6.07) is 0. The van der Waals surface area contributed by atoms with Crippen molar-refractivity contribution in [1.29, 1.82) is 0 Å². The molecule has 0 spiro atoms. The van der Waals surface area contributed by atoms with Crippen LogP contribution < -0.4 is 0 Å². The van der Waals surface area contributed by atoms with Crippen molar-refractivity contribution in [3.05, 3.63) is 0 Å². The van der Waals surface area contributed by atoms with Crippen LogP contribution in [0, 0.1) is 5.92 Å². The van der Waals surface area contributed by atoms with Crippen molar-refractivity contribution in [2.45, 2.75) is 50.2 Å². The molecule has 0 bridgehead atoms. The minimum atomic E-state index is -2.72. The average Bonchev–Trinajstić information content (AvgIpc) is 2.41. The van der Waals surface area contributed by atoms with Gasteiger partial charge in [0.1, 0.15) is 30.3 Å². The van der Waals surface area contributed by atoms with Gasteiger partial charge >= 0.3 is 5.97 Å². The lowest BCUT2D eigenvalue weighted by Crippen LogP contribution is -2.70. The first-order valence-corrected chi connectivity index (χ1v) is 6.60. The molecular formula is C12H22O9. The summed E-state index contributed by atoms with van der Waals surface area (Å²) < 4.78 is 9.70. The summed E-state index contributed by atoms with van der Waals surface area (Å²) in [6.07, 6.45) is -8.55. The minimum Gasteiger partial charge on any atom is -0.466 e. The fourth-order valence-electron chi connectivity index (χ4n) is 2.38. The van der Waals surface area contributed by atoms with Crippen LogP contribution in [0.5, 0.6) is 0 Å². The van der Waals surface area contributed by atoms with Gasteiger partial charge in [0.25, 0.3) is 0 Å². The van der Waals surface area contributed by atoms with Gasteiger partial charge in [-0.2, -0.15) is 0 Å². The molecule has 0 saturated carbocycles. The molecule has 0 aromatic carbocycles. The van der Waals surface area contributed by atoms with Crippen molar-refractivity contribution >= 4 is 5.97 Å². The maximum atomic E-state index is 11.9. The largest absolute Gasteiger partial charge is 0.466 e. The van der Waals surface area contributed by atoms with E-state index in [0.717, 1.165) is 0 Å². The lowest BCUT2D eigenvalue weighted by atomic mass is 9.82. The van der Waals surface area contributed by atoms with E-state index in [9.17, 15) is 30.3 Å². The average molecular weight is 310 g/mol. The Morgan fingerprint density at radius 2 is 1.90 bits per heavy atom. The number of esters is 1. The third-order valence-corrected chi connectivity index (χ3v) is 3.47. The maximum Gasteiger partial charge on any atom is 0.317 e. The van der Waals surface area contributed by atoms with E-state index in [2.05, 4.69) is 0 Å². The molecule has 1 rings (SSSR count). The van der Waals surface area contributed by atoms with E-state index < -0.39 is 54.8 Å². The normalized spacial score (nSPS) is 39.6. The minimum absolute atomic E-state index is 0.0389. The molecule has 7 atom stereocenters. The Bertz CT molecular complexity index is 359. The number of hydrogen-bond donors (Lipinski definition) is 6. The van der Waals surface area contributed by atoms with Gasteiger partial charge in [-0.05, 0) is 13.8 Å². The second-order valence-electron chi connectivity index (χ2n) is 4.99. The molecule has 21 heavy (non-hydrogen) atoms. The molecule has 0 aromatic rings. The van der Waals surface area contributed by atoms with Crippen molar-refractivity contribution in [2.24, 2.45) is 5.92 Å². The Morgan fingerprint density at radius 3 is 2.33 bits per heavy atom. The molecule has 6 N–H and O–H groups in total. The quantitative estimate of drug-likeness (QED) is 0.286. The van der Waals surface area contributed by atoms with Gasteiger partial charge in [0.15, 0.2) is 0 Å². The molecule has 0 amide bonds. The Labute approximate surface area is 121 Å². The first kappa shape index (κ1) is 18.2. The molecule has 3 unspecified atom stereocenters. The van der Waals surface area contributed by atoms with E-state index in [1.165, 1.54) is 13.8 Å². The molecular weight excluding hydrogens is 288 g/mol. The van der Waals surface area contributed by atoms with E-state index in [0.29, 0.717) is 0 Å². The molecule has 0 aliphatic carbocycles. The second-order valence-corrected chi connectivity index (χ2v) is 4.99. The molecule has 1 heterocycles. The van der Waals surface area contributed by atoms with Gasteiger partial charge in [-0.25, -0.2) is 0 Å². The Balaban J connectivity index is 3.16. The summed E-state index contributed by atoms with van der Waals surface area (Å²) >= 11 is 0. The highest BCUT2D eigenvalue weighted by Crippen LogP contribution is 2.36. The zero-order valence-corrected chi connectivity index (χ0v) is 11.8. The van der Waals surface area contributed by atoms with Crippen LogP contribution in [-0.4, -0.2) is 86.1 Å². The summed E-state index contributed by atoms with van der Waals surface area (Å²) in [4.78, 5) is 11.9. The van der Waals surface area contributed by atoms with E-state index in [1.54, 1.807) is 0 Å². The van der Waals surface area contributed by atoms with Crippen molar-refractivity contribution < 1.29 is 44.9 Å². The summed E-state index contributed by atoms with van der Waals surface area (Å²) in [5.74, 6) is -5.50. The Morgan fingerprint density at radius 1 is 1.33 bits per heavy atom. The highest BCUT2D eigenvalue weighted by molar-refractivity contribution is 5.74. The van der Waals surface area contributed by atoms with Crippen LogP contribution in [0.25, 0.3) is 0 Å². The molecule has 1 fully saturated rings. The fourth-order valence-corrected chi connectivity index (χ4v) is 2.38. The molecule has 9 nitrogen and oxygen atoms in total. The van der Waals surface area contributed by atoms with Crippen LogP contribution in [0.15, 0.2) is 0 Å². The van der Waals surface area contributed by atoms with Gasteiger partial charge in [0.05, 0.1) is 19.3 Å². The van der Waals surface area contributed by atoms with Crippen molar-refractivity contribution in [3.63, 3.8) is 0 Å². The first-order valence-electron chi connectivity index (χ1n) is 6.60. The first-order chi connectivity index (χ1) is 9.70. The van der Waals surface area contributed by atoms with Crippen LogP contribution in [0.4, 0.5) is 0 Å². The molecule has 1 saturated heterocycles. The van der Waals surface area contributed by atoms with E-state index in [4.69, 9.17) is 14.6 Å². The zero-order valence-electron chi connectivity index (χ0n) is 11.8. The van der Waals surface area contributed by atoms with Gasteiger partial charge in [-0.1, -0.05) is 0 Å². The standard InChI is InChI=1S/C12H22O9/c1-3-20-11(18)7(5(2)14)12(19)10(17)9(16)8(15)6(4-13)21-12/h5-10,13-17,19H,3-4H2,1-2H3/t5?,6-,7?,8-,9+,10-,12?/m1/s1. The fraction of sp³-hybridized carbons (Fsp3) is 0.917. The number of ether oxygens (including phenoxy) is 2. The molecule has 124 valence electrons. The summed E-state index contributed by atoms with van der Waals surface area (Å²) in [6.45, 7) is 1.86. The molecule has 1 aliphatic heterocycles. The van der Waals surface area contributed by atoms with Crippen LogP contribution in [-0.2, 0) is 14.3 Å². The number of carbonyl (C=O) groups excluding carboxylic acids is 1. The predicted molar refractivity (Wildman–Crippen MR) is 66.7 cm³/mol. The zero-order chi connectivity index (χ0) is 16.4. The van der Waals surface area contributed by atoms with Crippen LogP contribution in [0.3, 0.4) is 0 Å². The lowest BCUT2D eigenvalue weighted by Gasteiger charge is -2.48. The highest BCUT2D eigenvalue weighted by atomic mass is 16.7. The SMILES string of the molecule is CCOC(=O)C(C(C)O)C1(O)O[C@H](CO)[C@@H](O)[C@H](O)[C@H]1O. The van der Waals surface area contributed by atoms with Gasteiger partial charge in [0, 0.05) is 0 Å². The molecule has 9 heteroatoms. The molecule has 0 radical (unpaired) electrons. The van der Waals surface area contributed by atoms with E-state index in [1.807, 2.05) is 0 Å². The van der Waals surface area contributed by atoms with Gasteiger partial charge in [0.2, 0.25) is 5.79 Å². The topological polar surface area (TPSA) is 157 Å². The molecule has 0 aromatic heterocycles. The van der Waals surface area contributed by atoms with Gasteiger partial charge in [-0.15, -0.1) is 0 Å². The smallest absolute Gasteiger partial charge is 0.317 e. The van der Waals surface area contributed by atoms with Crippen molar-refractivity contribution in [2.75, 3.05) is 13.2 Å². The van der Waals surface area contributed by atoms with Crippen LogP contribution in [0.1, 0.15) is 13.8 Å². The summed E-state index contributed by atoms with van der Waals surface area (Å²) in [5.41, 5.74) is 0. The number of rotatable bonds is 5. The van der Waals surface area contributed by atoms with Crippen molar-refractivity contribution in [1.82, 2.24) is 0 Å². The number of aliphatic hydroxyl groups excluding tert-OH is 5. The number of hydrogen-bond acceptors (Lipinski definition) is 9. The van der Waals surface area contributed by atoms with E-state index >= 15 is 0 Å². The van der Waals surface area contributed by atoms with Crippen LogP contribution in [0.2, 0.25) is 0 Å². The maximum absolute atomic E-state index is 11.9. The summed E-state index contributed by atoms with van der Waals surface area (Å²) in [5, 5.41) is 58.5. The predicted octanol–water partition coefficient (Wildman–Crippen LogP) is -3.29.